The smallest absolute Gasteiger partial charge is 0.342 e. The van der Waals surface area contributed by atoms with Gasteiger partial charge < -0.3 is 4.90 Å². The molecular weight excluding hydrogens is 367 g/mol. The molecule has 2 heterocycles. The van der Waals surface area contributed by atoms with Crippen LogP contribution in [-0.2, 0) is 17.4 Å². The Morgan fingerprint density at radius 3 is 2.76 bits per heavy atom. The molecular formula is C18H18F3NOS2. The molecule has 3 rings (SSSR count). The van der Waals surface area contributed by atoms with E-state index in [0.29, 0.717) is 23.9 Å². The zero-order valence-corrected chi connectivity index (χ0v) is 15.1. The van der Waals surface area contributed by atoms with E-state index in [1.165, 1.54) is 10.9 Å². The lowest BCUT2D eigenvalue weighted by molar-refractivity contribution is -0.138. The molecule has 0 N–H and O–H groups in total. The van der Waals surface area contributed by atoms with Crippen LogP contribution in [0.25, 0.3) is 0 Å². The first-order valence-corrected chi connectivity index (χ1v) is 9.95. The van der Waals surface area contributed by atoms with Gasteiger partial charge in [0.25, 0.3) is 0 Å². The van der Waals surface area contributed by atoms with Crippen LogP contribution in [0.5, 0.6) is 0 Å². The van der Waals surface area contributed by atoms with Crippen LogP contribution in [0.2, 0.25) is 0 Å². The summed E-state index contributed by atoms with van der Waals surface area (Å²) in [7, 11) is 0. The molecule has 1 unspecified atom stereocenters. The van der Waals surface area contributed by atoms with Crippen LogP contribution in [0.1, 0.15) is 27.7 Å². The quantitative estimate of drug-likeness (QED) is 0.740. The summed E-state index contributed by atoms with van der Waals surface area (Å²) in [4.78, 5) is 15.6. The lowest BCUT2D eigenvalue weighted by Gasteiger charge is -2.20. The number of hydrogen-bond acceptors (Lipinski definition) is 3. The van der Waals surface area contributed by atoms with E-state index in [1.54, 1.807) is 22.3 Å². The number of hydrogen-bond donors (Lipinski definition) is 0. The topological polar surface area (TPSA) is 20.3 Å². The van der Waals surface area contributed by atoms with Crippen molar-refractivity contribution in [3.63, 3.8) is 0 Å². The zero-order valence-electron chi connectivity index (χ0n) is 13.5. The van der Waals surface area contributed by atoms with Crippen molar-refractivity contribution in [1.82, 2.24) is 4.90 Å². The van der Waals surface area contributed by atoms with Crippen LogP contribution in [0.3, 0.4) is 0 Å². The van der Waals surface area contributed by atoms with Crippen molar-refractivity contribution < 1.29 is 18.0 Å². The van der Waals surface area contributed by atoms with Gasteiger partial charge in [0.15, 0.2) is 0 Å². The number of alkyl halides is 3. The summed E-state index contributed by atoms with van der Waals surface area (Å²) in [6.45, 7) is 1.29. The Morgan fingerprint density at radius 1 is 1.20 bits per heavy atom. The highest BCUT2D eigenvalue weighted by Crippen LogP contribution is 2.36. The molecule has 1 aliphatic rings. The van der Waals surface area contributed by atoms with Crippen molar-refractivity contribution in [2.45, 2.75) is 24.3 Å². The van der Waals surface area contributed by atoms with Crippen LogP contribution < -0.4 is 0 Å². The Labute approximate surface area is 153 Å². The highest BCUT2D eigenvalue weighted by Gasteiger charge is 2.30. The van der Waals surface area contributed by atoms with Crippen molar-refractivity contribution in [2.24, 2.45) is 0 Å². The van der Waals surface area contributed by atoms with Gasteiger partial charge in [0.05, 0.1) is 12.0 Å². The van der Waals surface area contributed by atoms with Gasteiger partial charge in [-0.15, -0.1) is 11.3 Å². The fourth-order valence-corrected chi connectivity index (χ4v) is 5.10. The van der Waals surface area contributed by atoms with E-state index in [4.69, 9.17) is 0 Å². The second-order valence-electron chi connectivity index (χ2n) is 5.92. The second kappa shape index (κ2) is 7.83. The molecule has 0 saturated carbocycles. The third-order valence-electron chi connectivity index (χ3n) is 4.16. The van der Waals surface area contributed by atoms with Crippen molar-refractivity contribution >= 4 is 29.0 Å². The maximum absolute atomic E-state index is 12.8. The molecule has 7 heteroatoms. The number of thioether (sulfide) groups is 1. The number of carbonyl (C=O) groups is 1. The molecule has 1 aliphatic heterocycles. The maximum atomic E-state index is 12.8. The summed E-state index contributed by atoms with van der Waals surface area (Å²) in [6.07, 6.45) is -3.50. The van der Waals surface area contributed by atoms with E-state index in [2.05, 4.69) is 11.4 Å². The average molecular weight is 385 g/mol. The van der Waals surface area contributed by atoms with Gasteiger partial charge in [-0.2, -0.15) is 24.9 Å². The molecule has 1 saturated heterocycles. The van der Waals surface area contributed by atoms with Crippen molar-refractivity contribution in [3.05, 3.63) is 57.8 Å². The van der Waals surface area contributed by atoms with Gasteiger partial charge in [0, 0.05) is 29.0 Å². The summed E-state index contributed by atoms with van der Waals surface area (Å²) in [5.74, 6) is 0.739. The van der Waals surface area contributed by atoms with E-state index < -0.39 is 11.7 Å². The zero-order chi connectivity index (χ0) is 17.9. The van der Waals surface area contributed by atoms with Gasteiger partial charge in [-0.3, -0.25) is 4.79 Å². The predicted octanol–water partition coefficient (Wildman–Crippen LogP) is 5.02. The summed E-state index contributed by atoms with van der Waals surface area (Å²) >= 11 is 3.57. The monoisotopic (exact) mass is 385 g/mol. The number of halogens is 3. The first-order chi connectivity index (χ1) is 11.9. The van der Waals surface area contributed by atoms with E-state index in [9.17, 15) is 18.0 Å². The fraction of sp³-hybridized carbons (Fsp3) is 0.389. The number of rotatable bonds is 3. The Balaban J connectivity index is 1.62. The average Bonchev–Trinajstić information content (AvgIpc) is 2.99. The summed E-state index contributed by atoms with van der Waals surface area (Å²) in [5, 5.41) is 2.45. The number of nitrogens with zero attached hydrogens (tertiary/aromatic N) is 1. The van der Waals surface area contributed by atoms with Crippen LogP contribution in [-0.4, -0.2) is 29.6 Å². The SMILES string of the molecule is O=C(Cc1cccc(C(F)(F)F)c1)N1CCSC(c2cccs2)CC1. The third-order valence-corrected chi connectivity index (χ3v) is 6.61. The first-order valence-electron chi connectivity index (χ1n) is 8.02. The maximum Gasteiger partial charge on any atom is 0.416 e. The van der Waals surface area contributed by atoms with Crippen LogP contribution in [0, 0.1) is 0 Å². The van der Waals surface area contributed by atoms with E-state index >= 15 is 0 Å². The highest BCUT2D eigenvalue weighted by molar-refractivity contribution is 7.99. The Hall–Kier alpha value is -1.47. The molecule has 0 bridgehead atoms. The van der Waals surface area contributed by atoms with E-state index in [-0.39, 0.29) is 12.3 Å². The highest BCUT2D eigenvalue weighted by atomic mass is 32.2. The molecule has 2 nitrogen and oxygen atoms in total. The molecule has 0 radical (unpaired) electrons. The first kappa shape index (κ1) is 18.3. The molecule has 134 valence electrons. The fourth-order valence-electron chi connectivity index (χ4n) is 2.87. The van der Waals surface area contributed by atoms with E-state index in [0.717, 1.165) is 24.3 Å². The minimum absolute atomic E-state index is 0.0122. The molecule has 1 aromatic carbocycles. The second-order valence-corrected chi connectivity index (χ2v) is 8.21. The number of thiophene rings is 1. The molecule has 1 aromatic heterocycles. The molecule has 1 amide bonds. The summed E-state index contributed by atoms with van der Waals surface area (Å²) < 4.78 is 38.4. The number of amides is 1. The normalized spacial score (nSPS) is 18.8. The molecule has 1 fully saturated rings. The lowest BCUT2D eigenvalue weighted by Crippen LogP contribution is -2.34. The van der Waals surface area contributed by atoms with Crippen LogP contribution >= 0.6 is 23.1 Å². The van der Waals surface area contributed by atoms with Gasteiger partial charge in [-0.1, -0.05) is 24.3 Å². The molecule has 25 heavy (non-hydrogen) atoms. The van der Waals surface area contributed by atoms with Gasteiger partial charge in [-0.05, 0) is 29.5 Å². The van der Waals surface area contributed by atoms with Gasteiger partial charge >= 0.3 is 6.18 Å². The Bertz CT molecular complexity index is 715. The Morgan fingerprint density at radius 2 is 2.04 bits per heavy atom. The number of carbonyl (C=O) groups excluding carboxylic acids is 1. The Kier molecular flexibility index (Phi) is 5.74. The third kappa shape index (κ3) is 4.79. The van der Waals surface area contributed by atoms with Crippen LogP contribution in [0.4, 0.5) is 13.2 Å². The standard InChI is InChI=1S/C18H18F3NOS2/c19-18(20,21)14-4-1-3-13(11-14)12-17(23)22-7-6-16(25-10-8-22)15-5-2-9-24-15/h1-5,9,11,16H,6-8,10,12H2. The molecule has 0 aliphatic carbocycles. The molecule has 1 atom stereocenters. The summed E-state index contributed by atoms with van der Waals surface area (Å²) in [6, 6.07) is 9.18. The van der Waals surface area contributed by atoms with Gasteiger partial charge in [0.2, 0.25) is 5.91 Å². The van der Waals surface area contributed by atoms with Crippen molar-refractivity contribution in [3.8, 4) is 0 Å². The van der Waals surface area contributed by atoms with Crippen LogP contribution in [0.15, 0.2) is 41.8 Å². The van der Waals surface area contributed by atoms with Gasteiger partial charge in [0.1, 0.15) is 0 Å². The van der Waals surface area contributed by atoms with Gasteiger partial charge in [-0.25, -0.2) is 0 Å². The number of benzene rings is 1. The summed E-state index contributed by atoms with van der Waals surface area (Å²) in [5.41, 5.74) is -0.298. The molecule has 0 spiro atoms. The molecule has 2 aromatic rings. The van der Waals surface area contributed by atoms with Crippen molar-refractivity contribution in [2.75, 3.05) is 18.8 Å². The van der Waals surface area contributed by atoms with Crippen molar-refractivity contribution in [1.29, 1.82) is 0 Å². The predicted molar refractivity (Wildman–Crippen MR) is 95.9 cm³/mol. The minimum atomic E-state index is -4.38. The lowest BCUT2D eigenvalue weighted by atomic mass is 10.1. The minimum Gasteiger partial charge on any atom is -0.342 e. The van der Waals surface area contributed by atoms with E-state index in [1.807, 2.05) is 17.8 Å². The largest absolute Gasteiger partial charge is 0.416 e.